The molecule has 3 rings (SSSR count). The first-order valence-electron chi connectivity index (χ1n) is 7.84. The molecule has 6 nitrogen and oxygen atoms in total. The van der Waals surface area contributed by atoms with Gasteiger partial charge in [0.25, 0.3) is 0 Å². The average Bonchev–Trinajstić information content (AvgIpc) is 3.02. The highest BCUT2D eigenvalue weighted by atomic mass is 16.1. The molecule has 0 saturated carbocycles. The molecule has 1 atom stereocenters. The summed E-state index contributed by atoms with van der Waals surface area (Å²) in [6.07, 6.45) is 5.95. The fourth-order valence-corrected chi connectivity index (χ4v) is 3.26. The van der Waals surface area contributed by atoms with Crippen LogP contribution in [0.5, 0.6) is 0 Å². The fourth-order valence-electron chi connectivity index (χ4n) is 3.26. The molecular formula is C16H23N5O. The Hall–Kier alpha value is -2.11. The van der Waals surface area contributed by atoms with Crippen LogP contribution in [0.3, 0.4) is 0 Å². The summed E-state index contributed by atoms with van der Waals surface area (Å²) in [5, 5.41) is 14.6. The third kappa shape index (κ3) is 2.91. The van der Waals surface area contributed by atoms with E-state index in [1.54, 1.807) is 0 Å². The number of rotatable bonds is 4. The molecular weight excluding hydrogens is 278 g/mol. The summed E-state index contributed by atoms with van der Waals surface area (Å²) in [5.41, 5.74) is 5.81. The molecule has 6 heteroatoms. The van der Waals surface area contributed by atoms with E-state index in [1.807, 2.05) is 24.9 Å². The minimum absolute atomic E-state index is 0.125. The van der Waals surface area contributed by atoms with Crippen molar-refractivity contribution in [3.05, 3.63) is 34.4 Å². The van der Waals surface area contributed by atoms with E-state index in [0.29, 0.717) is 6.42 Å². The summed E-state index contributed by atoms with van der Waals surface area (Å²) in [7, 11) is 1.94. The van der Waals surface area contributed by atoms with Gasteiger partial charge in [-0.1, -0.05) is 0 Å². The van der Waals surface area contributed by atoms with Gasteiger partial charge < -0.3 is 5.32 Å². The maximum atomic E-state index is 12.2. The number of aromatic nitrogens is 4. The summed E-state index contributed by atoms with van der Waals surface area (Å²) in [6.45, 7) is 4.05. The van der Waals surface area contributed by atoms with Crippen LogP contribution in [-0.2, 0) is 31.1 Å². The van der Waals surface area contributed by atoms with Crippen LogP contribution in [0.4, 0.5) is 0 Å². The van der Waals surface area contributed by atoms with E-state index in [9.17, 15) is 4.79 Å². The monoisotopic (exact) mass is 301 g/mol. The van der Waals surface area contributed by atoms with E-state index < -0.39 is 0 Å². The maximum absolute atomic E-state index is 12.2. The Morgan fingerprint density at radius 2 is 2.32 bits per heavy atom. The highest BCUT2D eigenvalue weighted by Gasteiger charge is 2.21. The van der Waals surface area contributed by atoms with Crippen molar-refractivity contribution in [2.45, 2.75) is 52.0 Å². The van der Waals surface area contributed by atoms with Gasteiger partial charge in [0, 0.05) is 30.9 Å². The number of carbonyl (C=O) groups excluding carboxylic acids is 1. The molecule has 2 heterocycles. The van der Waals surface area contributed by atoms with Crippen molar-refractivity contribution < 1.29 is 4.79 Å². The first kappa shape index (κ1) is 14.8. The minimum atomic E-state index is 0.125. The van der Waals surface area contributed by atoms with Gasteiger partial charge in [-0.3, -0.25) is 14.6 Å². The smallest absolute Gasteiger partial charge is 0.220 e. The van der Waals surface area contributed by atoms with Crippen molar-refractivity contribution >= 4 is 5.91 Å². The normalized spacial score (nSPS) is 17.3. The van der Waals surface area contributed by atoms with Gasteiger partial charge in [-0.15, -0.1) is 0 Å². The first-order chi connectivity index (χ1) is 10.5. The van der Waals surface area contributed by atoms with Crippen LogP contribution in [0, 0.1) is 13.8 Å². The van der Waals surface area contributed by atoms with Crippen LogP contribution in [0.25, 0.3) is 0 Å². The molecule has 0 aromatic carbocycles. The highest BCUT2D eigenvalue weighted by Crippen LogP contribution is 2.19. The van der Waals surface area contributed by atoms with Gasteiger partial charge in [0.2, 0.25) is 5.91 Å². The second-order valence-electron chi connectivity index (χ2n) is 6.15. The largest absolute Gasteiger partial charge is 0.353 e. The molecule has 0 fully saturated rings. The maximum Gasteiger partial charge on any atom is 0.220 e. The number of fused-ring (bicyclic) bond motifs is 1. The lowest BCUT2D eigenvalue weighted by Crippen LogP contribution is -2.38. The van der Waals surface area contributed by atoms with Crippen LogP contribution < -0.4 is 5.32 Å². The number of nitrogens with zero attached hydrogens (tertiary/aromatic N) is 3. The first-order valence-corrected chi connectivity index (χ1v) is 7.84. The van der Waals surface area contributed by atoms with Crippen molar-refractivity contribution in [1.82, 2.24) is 25.3 Å². The molecule has 0 aliphatic heterocycles. The van der Waals surface area contributed by atoms with E-state index in [4.69, 9.17) is 0 Å². The summed E-state index contributed by atoms with van der Waals surface area (Å²) >= 11 is 0. The summed E-state index contributed by atoms with van der Waals surface area (Å²) in [6, 6.07) is 0.230. The van der Waals surface area contributed by atoms with E-state index in [0.717, 1.165) is 37.1 Å². The Morgan fingerprint density at radius 1 is 1.50 bits per heavy atom. The lowest BCUT2D eigenvalue weighted by Gasteiger charge is -2.22. The van der Waals surface area contributed by atoms with Crippen LogP contribution in [0.15, 0.2) is 6.20 Å². The van der Waals surface area contributed by atoms with E-state index in [-0.39, 0.29) is 11.9 Å². The summed E-state index contributed by atoms with van der Waals surface area (Å²) in [5.74, 6) is 0.125. The van der Waals surface area contributed by atoms with Crippen LogP contribution in [0.2, 0.25) is 0 Å². The zero-order valence-electron chi connectivity index (χ0n) is 13.4. The molecule has 2 aromatic heterocycles. The number of nitrogens with one attached hydrogen (secondary N) is 2. The second kappa shape index (κ2) is 5.94. The Kier molecular flexibility index (Phi) is 4.00. The average molecular weight is 301 g/mol. The van der Waals surface area contributed by atoms with Gasteiger partial charge >= 0.3 is 0 Å². The SMILES string of the molecule is Cc1nn(C)c(C)c1CCC(=O)N[C@@H]1CCc2[nH]ncc2C1. The van der Waals surface area contributed by atoms with Crippen LogP contribution in [0.1, 0.15) is 41.1 Å². The number of amides is 1. The standard InChI is InChI=1S/C16H23N5O/c1-10-14(11(2)21(3)20-10)5-7-16(22)18-13-4-6-15-12(8-13)9-17-19-15/h9,13H,4-8H2,1-3H3,(H,17,19)(H,18,22)/t13-/m1/s1. The third-order valence-corrected chi connectivity index (χ3v) is 4.64. The van der Waals surface area contributed by atoms with Gasteiger partial charge in [0.05, 0.1) is 11.9 Å². The Balaban J connectivity index is 1.53. The molecule has 0 saturated heterocycles. The molecule has 0 radical (unpaired) electrons. The molecule has 22 heavy (non-hydrogen) atoms. The van der Waals surface area contributed by atoms with Crippen molar-refractivity contribution in [2.75, 3.05) is 0 Å². The molecule has 1 aliphatic rings. The van der Waals surface area contributed by atoms with Crippen molar-refractivity contribution in [1.29, 1.82) is 0 Å². The van der Waals surface area contributed by atoms with Crippen molar-refractivity contribution in [2.24, 2.45) is 7.05 Å². The molecule has 0 unspecified atom stereocenters. The summed E-state index contributed by atoms with van der Waals surface area (Å²) < 4.78 is 1.88. The van der Waals surface area contributed by atoms with Gasteiger partial charge in [0.15, 0.2) is 0 Å². The number of aryl methyl sites for hydroxylation is 3. The Labute approximate surface area is 130 Å². The Bertz CT molecular complexity index is 685. The topological polar surface area (TPSA) is 75.6 Å². The molecule has 2 N–H and O–H groups in total. The predicted octanol–water partition coefficient (Wildman–Crippen LogP) is 1.37. The third-order valence-electron chi connectivity index (χ3n) is 4.64. The quantitative estimate of drug-likeness (QED) is 0.895. The molecule has 1 amide bonds. The molecule has 1 aliphatic carbocycles. The zero-order valence-corrected chi connectivity index (χ0v) is 13.4. The number of H-pyrrole nitrogens is 1. The predicted molar refractivity (Wildman–Crippen MR) is 83.5 cm³/mol. The Morgan fingerprint density at radius 3 is 3.05 bits per heavy atom. The summed E-state index contributed by atoms with van der Waals surface area (Å²) in [4.78, 5) is 12.2. The van der Waals surface area contributed by atoms with E-state index >= 15 is 0 Å². The number of hydrogen-bond acceptors (Lipinski definition) is 3. The molecule has 2 aromatic rings. The lowest BCUT2D eigenvalue weighted by molar-refractivity contribution is -0.121. The van der Waals surface area contributed by atoms with Crippen LogP contribution in [-0.4, -0.2) is 31.9 Å². The van der Waals surface area contributed by atoms with Gasteiger partial charge in [-0.05, 0) is 50.7 Å². The molecule has 0 bridgehead atoms. The lowest BCUT2D eigenvalue weighted by atomic mass is 9.93. The van der Waals surface area contributed by atoms with Gasteiger partial charge in [0.1, 0.15) is 0 Å². The van der Waals surface area contributed by atoms with Crippen LogP contribution >= 0.6 is 0 Å². The number of hydrogen-bond donors (Lipinski definition) is 2. The second-order valence-corrected chi connectivity index (χ2v) is 6.15. The highest BCUT2D eigenvalue weighted by molar-refractivity contribution is 5.76. The zero-order chi connectivity index (χ0) is 15.7. The van der Waals surface area contributed by atoms with E-state index in [1.165, 1.54) is 16.8 Å². The van der Waals surface area contributed by atoms with Gasteiger partial charge in [-0.2, -0.15) is 10.2 Å². The minimum Gasteiger partial charge on any atom is -0.353 e. The number of aromatic amines is 1. The van der Waals surface area contributed by atoms with Gasteiger partial charge in [-0.25, -0.2) is 0 Å². The van der Waals surface area contributed by atoms with Crippen molar-refractivity contribution in [3.8, 4) is 0 Å². The fraction of sp³-hybridized carbons (Fsp3) is 0.562. The number of carbonyl (C=O) groups is 1. The molecule has 0 spiro atoms. The molecule has 118 valence electrons. The van der Waals surface area contributed by atoms with E-state index in [2.05, 4.69) is 27.5 Å². The van der Waals surface area contributed by atoms with Crippen molar-refractivity contribution in [3.63, 3.8) is 0 Å².